The zero-order valence-corrected chi connectivity index (χ0v) is 20.2. The molecular formula is C24H28Cl2N2O4. The van der Waals surface area contributed by atoms with E-state index in [1.165, 1.54) is 4.90 Å². The van der Waals surface area contributed by atoms with Crippen LogP contribution >= 0.6 is 23.2 Å². The Labute approximate surface area is 198 Å². The third-order valence-corrected chi connectivity index (χ3v) is 5.83. The highest BCUT2D eigenvalue weighted by atomic mass is 35.5. The van der Waals surface area contributed by atoms with E-state index in [0.717, 1.165) is 5.56 Å². The Morgan fingerprint density at radius 1 is 1.09 bits per heavy atom. The van der Waals surface area contributed by atoms with Crippen molar-refractivity contribution >= 4 is 35.0 Å². The lowest BCUT2D eigenvalue weighted by molar-refractivity contribution is -0.141. The minimum atomic E-state index is -0.703. The van der Waals surface area contributed by atoms with Gasteiger partial charge in [-0.2, -0.15) is 0 Å². The van der Waals surface area contributed by atoms with Crippen molar-refractivity contribution in [3.05, 3.63) is 57.6 Å². The van der Waals surface area contributed by atoms with Crippen LogP contribution in [0, 0.1) is 0 Å². The van der Waals surface area contributed by atoms with Crippen LogP contribution in [-0.4, -0.2) is 35.1 Å². The second-order valence-corrected chi connectivity index (χ2v) is 9.64. The van der Waals surface area contributed by atoms with Gasteiger partial charge in [0.1, 0.15) is 6.04 Å². The van der Waals surface area contributed by atoms with Crippen LogP contribution in [0.25, 0.3) is 0 Å². The summed E-state index contributed by atoms with van der Waals surface area (Å²) in [6, 6.07) is 10.1. The third kappa shape index (κ3) is 6.08. The van der Waals surface area contributed by atoms with Gasteiger partial charge in [-0.3, -0.25) is 9.59 Å². The van der Waals surface area contributed by atoms with Gasteiger partial charge in [-0.25, -0.2) is 0 Å². The van der Waals surface area contributed by atoms with Crippen molar-refractivity contribution in [2.75, 3.05) is 6.79 Å². The van der Waals surface area contributed by atoms with Crippen molar-refractivity contribution in [2.45, 2.75) is 58.7 Å². The molecule has 0 saturated heterocycles. The fourth-order valence-electron chi connectivity index (χ4n) is 3.40. The molecule has 0 bridgehead atoms. The molecular weight excluding hydrogens is 451 g/mol. The van der Waals surface area contributed by atoms with Crippen molar-refractivity contribution in [2.24, 2.45) is 0 Å². The largest absolute Gasteiger partial charge is 0.454 e. The Morgan fingerprint density at radius 2 is 1.75 bits per heavy atom. The van der Waals surface area contributed by atoms with E-state index >= 15 is 0 Å². The van der Waals surface area contributed by atoms with Crippen LogP contribution in [0.3, 0.4) is 0 Å². The topological polar surface area (TPSA) is 67.9 Å². The molecule has 2 aromatic rings. The maximum atomic E-state index is 13.3. The van der Waals surface area contributed by atoms with Gasteiger partial charge in [0.2, 0.25) is 18.6 Å². The highest BCUT2D eigenvalue weighted by Crippen LogP contribution is 2.33. The van der Waals surface area contributed by atoms with E-state index in [2.05, 4.69) is 5.32 Å². The number of aryl methyl sites for hydroxylation is 1. The molecule has 0 fully saturated rings. The molecule has 0 spiro atoms. The highest BCUT2D eigenvalue weighted by Gasteiger charge is 2.29. The third-order valence-electron chi connectivity index (χ3n) is 5.12. The lowest BCUT2D eigenvalue weighted by atomic mass is 10.1. The van der Waals surface area contributed by atoms with Crippen molar-refractivity contribution in [1.82, 2.24) is 10.2 Å². The van der Waals surface area contributed by atoms with Crippen molar-refractivity contribution in [3.63, 3.8) is 0 Å². The first-order chi connectivity index (χ1) is 15.0. The zero-order chi connectivity index (χ0) is 23.5. The molecule has 1 aliphatic heterocycles. The Kier molecular flexibility index (Phi) is 7.57. The molecule has 1 N–H and O–H groups in total. The van der Waals surface area contributed by atoms with Crippen LogP contribution < -0.4 is 14.8 Å². The Bertz CT molecular complexity index is 984. The summed E-state index contributed by atoms with van der Waals surface area (Å²) in [5.74, 6) is 0.961. The van der Waals surface area contributed by atoms with E-state index in [1.807, 2.05) is 39.0 Å². The smallest absolute Gasteiger partial charge is 0.242 e. The fraction of sp³-hybridized carbons (Fsp3) is 0.417. The maximum Gasteiger partial charge on any atom is 0.242 e. The lowest BCUT2D eigenvalue weighted by Crippen LogP contribution is -2.52. The molecule has 0 aliphatic carbocycles. The fourth-order valence-corrected chi connectivity index (χ4v) is 3.92. The van der Waals surface area contributed by atoms with Gasteiger partial charge in [-0.05, 0) is 63.9 Å². The first kappa shape index (κ1) is 24.2. The van der Waals surface area contributed by atoms with Crippen molar-refractivity contribution < 1.29 is 19.1 Å². The summed E-state index contributed by atoms with van der Waals surface area (Å²) < 4.78 is 10.8. The molecule has 172 valence electrons. The van der Waals surface area contributed by atoms with Crippen LogP contribution in [-0.2, 0) is 22.6 Å². The molecule has 0 radical (unpaired) electrons. The van der Waals surface area contributed by atoms with Gasteiger partial charge in [0, 0.05) is 34.1 Å². The number of nitrogens with zero attached hydrogens (tertiary/aromatic N) is 1. The first-order valence-corrected chi connectivity index (χ1v) is 11.2. The number of nitrogens with one attached hydrogen (secondary N) is 1. The van der Waals surface area contributed by atoms with Crippen LogP contribution in [0.4, 0.5) is 0 Å². The van der Waals surface area contributed by atoms with Gasteiger partial charge in [0.05, 0.1) is 0 Å². The summed E-state index contributed by atoms with van der Waals surface area (Å²) in [5, 5.41) is 3.85. The number of halogens is 2. The lowest BCUT2D eigenvalue weighted by Gasteiger charge is -2.32. The molecule has 32 heavy (non-hydrogen) atoms. The van der Waals surface area contributed by atoms with E-state index in [0.29, 0.717) is 33.5 Å². The molecule has 2 aromatic carbocycles. The summed E-state index contributed by atoms with van der Waals surface area (Å²) in [6.45, 7) is 7.74. The molecule has 6 nitrogen and oxygen atoms in total. The number of rotatable bonds is 7. The molecule has 0 aromatic heterocycles. The molecule has 1 atom stereocenters. The van der Waals surface area contributed by atoms with E-state index in [-0.39, 0.29) is 31.6 Å². The standard InChI is InChI=1S/C24H28Cl2N2O4/c1-15(23(30)27-24(2,3)4)28(13-17-18(25)6-5-7-19(17)26)22(29)11-9-16-8-10-20-21(12-16)32-14-31-20/h5-8,10,12,15H,9,11,13-14H2,1-4H3,(H,27,30). The van der Waals surface area contributed by atoms with E-state index in [9.17, 15) is 9.59 Å². The van der Waals surface area contributed by atoms with E-state index in [1.54, 1.807) is 25.1 Å². The van der Waals surface area contributed by atoms with Crippen LogP contribution in [0.5, 0.6) is 11.5 Å². The zero-order valence-electron chi connectivity index (χ0n) is 18.7. The molecule has 3 rings (SSSR count). The molecule has 1 heterocycles. The number of amides is 2. The quantitative estimate of drug-likeness (QED) is 0.608. The number of benzene rings is 2. The number of hydrogen-bond acceptors (Lipinski definition) is 4. The number of carbonyl (C=O) groups is 2. The second-order valence-electron chi connectivity index (χ2n) is 8.82. The molecule has 2 amide bonds. The normalized spacial score (nSPS) is 13.6. The number of fused-ring (bicyclic) bond motifs is 1. The monoisotopic (exact) mass is 478 g/mol. The summed E-state index contributed by atoms with van der Waals surface area (Å²) in [7, 11) is 0. The van der Waals surface area contributed by atoms with Crippen molar-refractivity contribution in [3.8, 4) is 11.5 Å². The molecule has 1 unspecified atom stereocenters. The summed E-state index contributed by atoms with van der Waals surface area (Å²) >= 11 is 12.7. The second kappa shape index (κ2) is 10.0. The van der Waals surface area contributed by atoms with Gasteiger partial charge in [0.15, 0.2) is 11.5 Å². The summed E-state index contributed by atoms with van der Waals surface area (Å²) in [5.41, 5.74) is 1.14. The summed E-state index contributed by atoms with van der Waals surface area (Å²) in [4.78, 5) is 27.7. The van der Waals surface area contributed by atoms with Crippen molar-refractivity contribution in [1.29, 1.82) is 0 Å². The van der Waals surface area contributed by atoms with Gasteiger partial charge < -0.3 is 19.7 Å². The van der Waals surface area contributed by atoms with Gasteiger partial charge >= 0.3 is 0 Å². The Hall–Kier alpha value is -2.44. The predicted molar refractivity (Wildman–Crippen MR) is 125 cm³/mol. The van der Waals surface area contributed by atoms with Gasteiger partial charge in [-0.1, -0.05) is 35.3 Å². The molecule has 0 saturated carbocycles. The number of carbonyl (C=O) groups excluding carboxylic acids is 2. The van der Waals surface area contributed by atoms with E-state index in [4.69, 9.17) is 32.7 Å². The van der Waals surface area contributed by atoms with Gasteiger partial charge in [0.25, 0.3) is 0 Å². The average Bonchev–Trinajstić information content (AvgIpc) is 3.18. The van der Waals surface area contributed by atoms with Crippen LogP contribution in [0.2, 0.25) is 10.0 Å². The number of hydrogen-bond donors (Lipinski definition) is 1. The van der Waals surface area contributed by atoms with Crippen LogP contribution in [0.1, 0.15) is 45.2 Å². The van der Waals surface area contributed by atoms with E-state index < -0.39 is 11.6 Å². The Morgan fingerprint density at radius 3 is 2.41 bits per heavy atom. The predicted octanol–water partition coefficient (Wildman–Crippen LogP) is 4.99. The minimum absolute atomic E-state index is 0.136. The SMILES string of the molecule is CC(C(=O)NC(C)(C)C)N(Cc1c(Cl)cccc1Cl)C(=O)CCc1ccc2c(c1)OCO2. The minimum Gasteiger partial charge on any atom is -0.454 e. The number of ether oxygens (including phenoxy) is 2. The van der Waals surface area contributed by atoms with Crippen LogP contribution in [0.15, 0.2) is 36.4 Å². The molecule has 8 heteroatoms. The van der Waals surface area contributed by atoms with Gasteiger partial charge in [-0.15, -0.1) is 0 Å². The first-order valence-electron chi connectivity index (χ1n) is 10.5. The molecule has 1 aliphatic rings. The summed E-state index contributed by atoms with van der Waals surface area (Å²) in [6.07, 6.45) is 0.713. The highest BCUT2D eigenvalue weighted by molar-refractivity contribution is 6.36. The maximum absolute atomic E-state index is 13.3. The Balaban J connectivity index is 1.78. The average molecular weight is 479 g/mol.